The standard InChI is InChI=1S/C20H26N2O3/c1-4-5-6-11-25-17-9-7-16(8-10-17)19(23)21-13-18-14(2)12-15(3)22-20(18)24/h7-10,12H,4-6,11,13H2,1-3H3,(H,21,23)(H,22,24). The number of carbonyl (C=O) groups is 1. The molecule has 134 valence electrons. The minimum atomic E-state index is -0.211. The van der Waals surface area contributed by atoms with Gasteiger partial charge in [-0.15, -0.1) is 0 Å². The second-order valence-corrected chi connectivity index (χ2v) is 6.21. The number of pyridine rings is 1. The van der Waals surface area contributed by atoms with Crippen molar-refractivity contribution in [2.45, 2.75) is 46.6 Å². The number of rotatable bonds is 8. The van der Waals surface area contributed by atoms with Crippen LogP contribution in [0.1, 0.15) is 53.4 Å². The number of ether oxygens (including phenoxy) is 1. The van der Waals surface area contributed by atoms with Gasteiger partial charge in [0.15, 0.2) is 0 Å². The van der Waals surface area contributed by atoms with Crippen molar-refractivity contribution in [1.29, 1.82) is 0 Å². The molecule has 0 aliphatic carbocycles. The summed E-state index contributed by atoms with van der Waals surface area (Å²) in [5, 5.41) is 2.80. The van der Waals surface area contributed by atoms with Crippen LogP contribution in [-0.2, 0) is 6.54 Å². The second kappa shape index (κ2) is 9.06. The van der Waals surface area contributed by atoms with E-state index >= 15 is 0 Å². The number of hydrogen-bond acceptors (Lipinski definition) is 3. The Balaban J connectivity index is 1.92. The zero-order valence-corrected chi connectivity index (χ0v) is 15.1. The number of aromatic nitrogens is 1. The monoisotopic (exact) mass is 342 g/mol. The van der Waals surface area contributed by atoms with Crippen LogP contribution in [0.5, 0.6) is 5.75 Å². The van der Waals surface area contributed by atoms with Crippen LogP contribution in [0.4, 0.5) is 0 Å². The summed E-state index contributed by atoms with van der Waals surface area (Å²) >= 11 is 0. The molecule has 2 N–H and O–H groups in total. The minimum Gasteiger partial charge on any atom is -0.494 e. The molecule has 0 spiro atoms. The van der Waals surface area contributed by atoms with Gasteiger partial charge in [0.1, 0.15) is 5.75 Å². The van der Waals surface area contributed by atoms with Gasteiger partial charge < -0.3 is 15.0 Å². The Labute approximate surface area is 148 Å². The minimum absolute atomic E-state index is 0.159. The van der Waals surface area contributed by atoms with E-state index in [-0.39, 0.29) is 18.0 Å². The Morgan fingerprint density at radius 3 is 2.52 bits per heavy atom. The molecular weight excluding hydrogens is 316 g/mol. The van der Waals surface area contributed by atoms with Crippen molar-refractivity contribution in [2.24, 2.45) is 0 Å². The third kappa shape index (κ3) is 5.48. The van der Waals surface area contributed by atoms with Crippen molar-refractivity contribution in [1.82, 2.24) is 10.3 Å². The van der Waals surface area contributed by atoms with E-state index in [0.29, 0.717) is 17.7 Å². The zero-order chi connectivity index (χ0) is 18.2. The molecular formula is C20H26N2O3. The van der Waals surface area contributed by atoms with E-state index in [1.807, 2.05) is 19.9 Å². The van der Waals surface area contributed by atoms with Crippen molar-refractivity contribution in [3.63, 3.8) is 0 Å². The number of H-pyrrole nitrogens is 1. The lowest BCUT2D eigenvalue weighted by molar-refractivity contribution is 0.0950. The van der Waals surface area contributed by atoms with Crippen LogP contribution in [0.2, 0.25) is 0 Å². The molecule has 5 heteroatoms. The van der Waals surface area contributed by atoms with E-state index in [4.69, 9.17) is 4.74 Å². The predicted molar refractivity (Wildman–Crippen MR) is 99.2 cm³/mol. The fraction of sp³-hybridized carbons (Fsp3) is 0.400. The maximum atomic E-state index is 12.3. The van der Waals surface area contributed by atoms with Crippen molar-refractivity contribution in [3.8, 4) is 5.75 Å². The third-order valence-electron chi connectivity index (χ3n) is 4.05. The molecule has 1 amide bonds. The molecule has 0 bridgehead atoms. The van der Waals surface area contributed by atoms with E-state index in [9.17, 15) is 9.59 Å². The van der Waals surface area contributed by atoms with Crippen LogP contribution in [-0.4, -0.2) is 17.5 Å². The molecule has 25 heavy (non-hydrogen) atoms. The lowest BCUT2D eigenvalue weighted by atomic mass is 10.1. The van der Waals surface area contributed by atoms with Gasteiger partial charge in [-0.3, -0.25) is 9.59 Å². The van der Waals surface area contributed by atoms with Crippen LogP contribution in [0.25, 0.3) is 0 Å². The van der Waals surface area contributed by atoms with E-state index in [0.717, 1.165) is 36.3 Å². The van der Waals surface area contributed by atoms with Gasteiger partial charge >= 0.3 is 0 Å². The zero-order valence-electron chi connectivity index (χ0n) is 15.1. The molecule has 0 atom stereocenters. The lowest BCUT2D eigenvalue weighted by Crippen LogP contribution is -2.27. The van der Waals surface area contributed by atoms with E-state index in [1.165, 1.54) is 0 Å². The van der Waals surface area contributed by atoms with Crippen LogP contribution < -0.4 is 15.6 Å². The summed E-state index contributed by atoms with van der Waals surface area (Å²) in [6.07, 6.45) is 3.34. The molecule has 1 heterocycles. The predicted octanol–water partition coefficient (Wildman–Crippen LogP) is 3.49. The smallest absolute Gasteiger partial charge is 0.253 e. The molecule has 0 saturated carbocycles. The summed E-state index contributed by atoms with van der Waals surface area (Å²) in [7, 11) is 0. The number of aryl methyl sites for hydroxylation is 2. The third-order valence-corrected chi connectivity index (χ3v) is 4.05. The number of carbonyl (C=O) groups excluding carboxylic acids is 1. The molecule has 1 aromatic heterocycles. The quantitative estimate of drug-likeness (QED) is 0.721. The Bertz CT molecular complexity index is 764. The first-order chi connectivity index (χ1) is 12.0. The lowest BCUT2D eigenvalue weighted by Gasteiger charge is -2.09. The van der Waals surface area contributed by atoms with Gasteiger partial charge in [-0.2, -0.15) is 0 Å². The van der Waals surface area contributed by atoms with Gasteiger partial charge in [0.25, 0.3) is 11.5 Å². The van der Waals surface area contributed by atoms with Crippen LogP contribution >= 0.6 is 0 Å². The largest absolute Gasteiger partial charge is 0.494 e. The number of amides is 1. The normalized spacial score (nSPS) is 10.5. The highest BCUT2D eigenvalue weighted by molar-refractivity contribution is 5.94. The summed E-state index contributed by atoms with van der Waals surface area (Å²) in [5.41, 5.74) is 2.65. The highest BCUT2D eigenvalue weighted by Gasteiger charge is 2.09. The molecule has 5 nitrogen and oxygen atoms in total. The summed E-state index contributed by atoms with van der Waals surface area (Å²) in [6, 6.07) is 8.95. The van der Waals surface area contributed by atoms with Crippen molar-refractivity contribution in [2.75, 3.05) is 6.61 Å². The SMILES string of the molecule is CCCCCOc1ccc(C(=O)NCc2c(C)cc(C)[nH]c2=O)cc1. The number of aromatic amines is 1. The summed E-state index contributed by atoms with van der Waals surface area (Å²) in [5.74, 6) is 0.551. The maximum Gasteiger partial charge on any atom is 0.253 e. The first-order valence-electron chi connectivity index (χ1n) is 8.71. The van der Waals surface area contributed by atoms with Crippen LogP contribution in [0.3, 0.4) is 0 Å². The van der Waals surface area contributed by atoms with Crippen LogP contribution in [0.15, 0.2) is 35.1 Å². The molecule has 1 aromatic carbocycles. The van der Waals surface area contributed by atoms with Gasteiger partial charge in [0.2, 0.25) is 0 Å². The first kappa shape index (κ1) is 18.8. The molecule has 0 aliphatic heterocycles. The molecule has 2 aromatic rings. The maximum absolute atomic E-state index is 12.3. The summed E-state index contributed by atoms with van der Waals surface area (Å²) < 4.78 is 5.64. The van der Waals surface area contributed by atoms with Gasteiger partial charge in [-0.1, -0.05) is 19.8 Å². The number of hydrogen-bond donors (Lipinski definition) is 2. The first-order valence-corrected chi connectivity index (χ1v) is 8.71. The van der Waals surface area contributed by atoms with Gasteiger partial charge in [0.05, 0.1) is 6.61 Å². The molecule has 0 saturated heterocycles. The van der Waals surface area contributed by atoms with E-state index in [1.54, 1.807) is 24.3 Å². The van der Waals surface area contributed by atoms with Gasteiger partial charge in [0, 0.05) is 23.4 Å². The van der Waals surface area contributed by atoms with Crippen molar-refractivity contribution >= 4 is 5.91 Å². The molecule has 0 unspecified atom stereocenters. The number of unbranched alkanes of at least 4 members (excludes halogenated alkanes) is 2. The summed E-state index contributed by atoms with van der Waals surface area (Å²) in [6.45, 7) is 6.75. The van der Waals surface area contributed by atoms with Gasteiger partial charge in [-0.25, -0.2) is 0 Å². The van der Waals surface area contributed by atoms with E-state index in [2.05, 4.69) is 17.2 Å². The Kier molecular flexibility index (Phi) is 6.81. The fourth-order valence-electron chi connectivity index (χ4n) is 2.62. The average Bonchev–Trinajstić information content (AvgIpc) is 2.58. The average molecular weight is 342 g/mol. The molecule has 2 rings (SSSR count). The molecule has 0 fully saturated rings. The van der Waals surface area contributed by atoms with Crippen molar-refractivity contribution in [3.05, 3.63) is 63.1 Å². The Morgan fingerprint density at radius 2 is 1.88 bits per heavy atom. The topological polar surface area (TPSA) is 71.2 Å². The fourth-order valence-corrected chi connectivity index (χ4v) is 2.62. The van der Waals surface area contributed by atoms with Crippen molar-refractivity contribution < 1.29 is 9.53 Å². The Morgan fingerprint density at radius 1 is 1.16 bits per heavy atom. The highest BCUT2D eigenvalue weighted by Crippen LogP contribution is 2.13. The molecule has 0 radical (unpaired) electrons. The molecule has 0 aliphatic rings. The Hall–Kier alpha value is -2.56. The van der Waals surface area contributed by atoms with Crippen LogP contribution in [0, 0.1) is 13.8 Å². The van der Waals surface area contributed by atoms with Gasteiger partial charge in [-0.05, 0) is 56.2 Å². The van der Waals surface area contributed by atoms with E-state index < -0.39 is 0 Å². The highest BCUT2D eigenvalue weighted by atomic mass is 16.5. The summed E-state index contributed by atoms with van der Waals surface area (Å²) in [4.78, 5) is 27.0. The number of benzene rings is 1. The number of nitrogens with one attached hydrogen (secondary N) is 2. The second-order valence-electron chi connectivity index (χ2n) is 6.21.